The number of hydrogen-bond acceptors (Lipinski definition) is 2. The number of aromatic nitrogens is 1. The highest BCUT2D eigenvalue weighted by molar-refractivity contribution is 6.32. The lowest BCUT2D eigenvalue weighted by Crippen LogP contribution is -2.31. The van der Waals surface area contributed by atoms with Gasteiger partial charge in [0.1, 0.15) is 5.75 Å². The zero-order chi connectivity index (χ0) is 28.8. The molecule has 0 spiro atoms. The third-order valence-electron chi connectivity index (χ3n) is 7.39. The molecule has 0 N–H and O–H groups in total. The van der Waals surface area contributed by atoms with E-state index in [1.165, 1.54) is 6.07 Å². The smallest absolute Gasteiger partial charge is 0.417 e. The van der Waals surface area contributed by atoms with Crippen molar-refractivity contribution in [3.8, 4) is 5.75 Å². The first kappa shape index (κ1) is 28.8. The van der Waals surface area contributed by atoms with Crippen LogP contribution >= 0.6 is 11.6 Å². The quantitative estimate of drug-likeness (QED) is 0.146. The maximum absolute atomic E-state index is 13.6. The summed E-state index contributed by atoms with van der Waals surface area (Å²) in [5.74, 6) is 0.850. The molecule has 0 saturated carbocycles. The molecule has 0 amide bonds. The van der Waals surface area contributed by atoms with Crippen LogP contribution in [-0.2, 0) is 19.8 Å². The minimum Gasteiger partial charge on any atom is -0.493 e. The molecule has 0 aliphatic rings. The van der Waals surface area contributed by atoms with Crippen LogP contribution in [0, 0.1) is 0 Å². The first-order chi connectivity index (χ1) is 19.8. The van der Waals surface area contributed by atoms with Crippen molar-refractivity contribution >= 4 is 22.5 Å². The fourth-order valence-electron chi connectivity index (χ4n) is 5.30. The summed E-state index contributed by atoms with van der Waals surface area (Å²) in [7, 11) is 2.00. The lowest BCUT2D eigenvalue weighted by Gasteiger charge is -2.29. The van der Waals surface area contributed by atoms with Gasteiger partial charge < -0.3 is 9.30 Å². The topological polar surface area (TPSA) is 17.4 Å². The van der Waals surface area contributed by atoms with E-state index in [4.69, 9.17) is 16.3 Å². The maximum atomic E-state index is 13.6. The second-order valence-corrected chi connectivity index (χ2v) is 10.6. The van der Waals surface area contributed by atoms with Crippen molar-refractivity contribution in [3.05, 3.63) is 137 Å². The van der Waals surface area contributed by atoms with Gasteiger partial charge in [-0.1, -0.05) is 90.5 Å². The highest BCUT2D eigenvalue weighted by Crippen LogP contribution is 2.37. The Morgan fingerprint density at radius 2 is 1.49 bits per heavy atom. The van der Waals surface area contributed by atoms with Crippen LogP contribution in [0.5, 0.6) is 5.75 Å². The summed E-state index contributed by atoms with van der Waals surface area (Å²) in [4.78, 5) is 2.18. The molecule has 0 unspecified atom stereocenters. The molecule has 0 atom stereocenters. The number of halogens is 4. The summed E-state index contributed by atoms with van der Waals surface area (Å²) in [5.41, 5.74) is 3.03. The zero-order valence-corrected chi connectivity index (χ0v) is 23.6. The van der Waals surface area contributed by atoms with Crippen molar-refractivity contribution in [3.63, 3.8) is 0 Å². The largest absolute Gasteiger partial charge is 0.493 e. The van der Waals surface area contributed by atoms with E-state index in [1.54, 1.807) is 6.07 Å². The lowest BCUT2D eigenvalue weighted by atomic mass is 9.90. The molecule has 0 bridgehead atoms. The van der Waals surface area contributed by atoms with E-state index < -0.39 is 11.7 Å². The van der Waals surface area contributed by atoms with Crippen LogP contribution in [0.2, 0.25) is 5.02 Å². The summed E-state index contributed by atoms with van der Waals surface area (Å²) in [6.45, 7) is 1.98. The van der Waals surface area contributed by atoms with Crippen LogP contribution in [0.15, 0.2) is 109 Å². The van der Waals surface area contributed by atoms with E-state index in [0.29, 0.717) is 31.7 Å². The molecule has 5 aromatic rings. The third kappa shape index (κ3) is 6.95. The van der Waals surface area contributed by atoms with Crippen molar-refractivity contribution < 1.29 is 17.9 Å². The summed E-state index contributed by atoms with van der Waals surface area (Å²) in [6, 6.07) is 32.6. The molecular formula is C34H32ClF3N2O. The number of ether oxygens (including phenoxy) is 1. The first-order valence-corrected chi connectivity index (χ1v) is 14.0. The molecule has 5 rings (SSSR count). The Balaban J connectivity index is 1.38. The minimum atomic E-state index is -4.51. The molecule has 0 fully saturated rings. The predicted octanol–water partition coefficient (Wildman–Crippen LogP) is 8.95. The fourth-order valence-corrected chi connectivity index (χ4v) is 5.59. The number of hydrogen-bond donors (Lipinski definition) is 0. The zero-order valence-electron chi connectivity index (χ0n) is 22.8. The number of nitrogens with zero attached hydrogens (tertiary/aromatic N) is 2. The fraction of sp³-hybridized carbons (Fsp3) is 0.235. The SMILES string of the molecule is Cn1ccc2c(OCCCN(Cc3cccc(C(F)(F)F)c3Cl)CC(c3ccccc3)c3ccccc3)cccc21. The van der Waals surface area contributed by atoms with Gasteiger partial charge in [0.25, 0.3) is 0 Å². The average Bonchev–Trinajstić information content (AvgIpc) is 3.36. The Bertz CT molecular complexity index is 1530. The van der Waals surface area contributed by atoms with Crippen LogP contribution in [0.1, 0.15) is 34.6 Å². The summed E-state index contributed by atoms with van der Waals surface area (Å²) >= 11 is 6.33. The van der Waals surface area contributed by atoms with Gasteiger partial charge in [0.15, 0.2) is 0 Å². The Hall–Kier alpha value is -3.74. The van der Waals surface area contributed by atoms with E-state index in [0.717, 1.165) is 33.8 Å². The highest BCUT2D eigenvalue weighted by Gasteiger charge is 2.34. The summed E-state index contributed by atoms with van der Waals surface area (Å²) in [5, 5.41) is 0.809. The Morgan fingerprint density at radius 1 is 0.829 bits per heavy atom. The van der Waals surface area contributed by atoms with Crippen molar-refractivity contribution in [2.45, 2.75) is 25.1 Å². The van der Waals surface area contributed by atoms with Crippen LogP contribution in [0.25, 0.3) is 10.9 Å². The van der Waals surface area contributed by atoms with Gasteiger partial charge in [0.2, 0.25) is 0 Å². The molecule has 1 aromatic heterocycles. The second-order valence-electron chi connectivity index (χ2n) is 10.2. The monoisotopic (exact) mass is 576 g/mol. The average molecular weight is 577 g/mol. The Morgan fingerprint density at radius 3 is 2.15 bits per heavy atom. The molecule has 212 valence electrons. The van der Waals surface area contributed by atoms with E-state index in [1.807, 2.05) is 67.8 Å². The Labute approximate surface area is 243 Å². The van der Waals surface area contributed by atoms with E-state index >= 15 is 0 Å². The number of aryl methyl sites for hydroxylation is 1. The van der Waals surface area contributed by atoms with Gasteiger partial charge in [-0.05, 0) is 47.4 Å². The summed E-state index contributed by atoms with van der Waals surface area (Å²) < 4.78 is 49.1. The highest BCUT2D eigenvalue weighted by atomic mass is 35.5. The van der Waals surface area contributed by atoms with Gasteiger partial charge >= 0.3 is 6.18 Å². The van der Waals surface area contributed by atoms with E-state index in [9.17, 15) is 13.2 Å². The predicted molar refractivity (Wildman–Crippen MR) is 159 cm³/mol. The van der Waals surface area contributed by atoms with Gasteiger partial charge in [0, 0.05) is 44.2 Å². The summed E-state index contributed by atoms with van der Waals surface area (Å²) in [6.07, 6.45) is -1.82. The van der Waals surface area contributed by atoms with E-state index in [2.05, 4.69) is 39.8 Å². The third-order valence-corrected chi connectivity index (χ3v) is 7.83. The second kappa shape index (κ2) is 12.8. The molecule has 0 aliphatic carbocycles. The van der Waals surface area contributed by atoms with Crippen molar-refractivity contribution in [2.24, 2.45) is 7.05 Å². The minimum absolute atomic E-state index is 0.0287. The van der Waals surface area contributed by atoms with Crippen molar-refractivity contribution in [2.75, 3.05) is 19.7 Å². The standard InChI is InChI=1S/C34H32ClF3N2O/c1-39-21-19-28-31(39)17-9-18-32(28)41-22-10-20-40(23-27-15-8-16-30(33(27)35)34(36,37)38)24-29(25-11-4-2-5-12-25)26-13-6-3-7-14-26/h2-9,11-19,21,29H,10,20,22-24H2,1H3. The molecule has 1 heterocycles. The van der Waals surface area contributed by atoms with Crippen LogP contribution < -0.4 is 4.74 Å². The van der Waals surface area contributed by atoms with Gasteiger partial charge in [-0.25, -0.2) is 0 Å². The molecule has 0 saturated heterocycles. The van der Waals surface area contributed by atoms with Gasteiger partial charge in [-0.15, -0.1) is 0 Å². The van der Waals surface area contributed by atoms with Crippen molar-refractivity contribution in [1.82, 2.24) is 9.47 Å². The number of rotatable bonds is 11. The Kier molecular flexibility index (Phi) is 9.01. The lowest BCUT2D eigenvalue weighted by molar-refractivity contribution is -0.137. The van der Waals surface area contributed by atoms with Gasteiger partial charge in [-0.3, -0.25) is 4.90 Å². The molecule has 0 aliphatic heterocycles. The van der Waals surface area contributed by atoms with Gasteiger partial charge in [-0.2, -0.15) is 13.2 Å². The first-order valence-electron chi connectivity index (χ1n) is 13.6. The van der Waals surface area contributed by atoms with Crippen LogP contribution in [0.4, 0.5) is 13.2 Å². The van der Waals surface area contributed by atoms with E-state index in [-0.39, 0.29) is 17.5 Å². The van der Waals surface area contributed by atoms with Gasteiger partial charge in [0.05, 0.1) is 22.7 Å². The molecule has 7 heteroatoms. The number of alkyl halides is 3. The molecule has 3 nitrogen and oxygen atoms in total. The van der Waals surface area contributed by atoms with Crippen LogP contribution in [-0.4, -0.2) is 29.2 Å². The maximum Gasteiger partial charge on any atom is 0.417 e. The molecule has 0 radical (unpaired) electrons. The number of fused-ring (bicyclic) bond motifs is 1. The molecule has 41 heavy (non-hydrogen) atoms. The normalized spacial score (nSPS) is 12.0. The van der Waals surface area contributed by atoms with Crippen LogP contribution in [0.3, 0.4) is 0 Å². The van der Waals surface area contributed by atoms with Crippen molar-refractivity contribution in [1.29, 1.82) is 0 Å². The molecule has 4 aromatic carbocycles. The molecular weight excluding hydrogens is 545 g/mol. The number of benzene rings is 4.